The van der Waals surface area contributed by atoms with Crippen molar-refractivity contribution in [3.8, 4) is 11.4 Å². The number of nitrogens with zero attached hydrogens (tertiary/aromatic N) is 3. The number of halogens is 1. The first-order valence-electron chi connectivity index (χ1n) is 5.82. The summed E-state index contributed by atoms with van der Waals surface area (Å²) in [5.41, 5.74) is 3.21. The van der Waals surface area contributed by atoms with Crippen molar-refractivity contribution in [3.05, 3.63) is 40.1 Å². The molecule has 0 fully saturated rings. The smallest absolute Gasteiger partial charge is 0.183 e. The molecule has 0 N–H and O–H groups in total. The van der Waals surface area contributed by atoms with E-state index in [9.17, 15) is 0 Å². The van der Waals surface area contributed by atoms with Gasteiger partial charge in [0.15, 0.2) is 5.82 Å². The number of rotatable bonds is 1. The number of hydrogen-bond acceptors (Lipinski definition) is 3. The Hall–Kier alpha value is -1.29. The van der Waals surface area contributed by atoms with Crippen LogP contribution in [0.1, 0.15) is 24.2 Å². The Labute approximate surface area is 108 Å². The minimum atomic E-state index is 0.720. The molecule has 0 bridgehead atoms. The highest BCUT2D eigenvalue weighted by Gasteiger charge is 2.15. The third kappa shape index (κ3) is 2.09. The van der Waals surface area contributed by atoms with E-state index in [4.69, 9.17) is 0 Å². The average Bonchev–Trinajstić information content (AvgIpc) is 2.39. The molecule has 0 unspecified atom stereocenters. The van der Waals surface area contributed by atoms with E-state index in [0.29, 0.717) is 0 Å². The Kier molecular flexibility index (Phi) is 2.89. The zero-order chi connectivity index (χ0) is 11.7. The minimum absolute atomic E-state index is 0.720. The van der Waals surface area contributed by atoms with Crippen LogP contribution in [0.2, 0.25) is 0 Å². The summed E-state index contributed by atoms with van der Waals surface area (Å²) in [5.74, 6) is 0.720. The molecule has 1 aromatic heterocycles. The normalized spacial score (nSPS) is 14.4. The van der Waals surface area contributed by atoms with E-state index in [1.807, 2.05) is 24.3 Å². The quantitative estimate of drug-likeness (QED) is 0.809. The Bertz CT molecular complexity index is 554. The van der Waals surface area contributed by atoms with Crippen LogP contribution in [-0.2, 0) is 12.8 Å². The fourth-order valence-corrected chi connectivity index (χ4v) is 2.58. The predicted molar refractivity (Wildman–Crippen MR) is 69.6 cm³/mol. The van der Waals surface area contributed by atoms with Crippen LogP contribution >= 0.6 is 15.9 Å². The first kappa shape index (κ1) is 10.8. The summed E-state index contributed by atoms with van der Waals surface area (Å²) in [4.78, 5) is 4.64. The summed E-state index contributed by atoms with van der Waals surface area (Å²) in [6.07, 6.45) is 4.46. The molecule has 4 heteroatoms. The van der Waals surface area contributed by atoms with Crippen LogP contribution in [0.15, 0.2) is 28.7 Å². The van der Waals surface area contributed by atoms with Gasteiger partial charge in [-0.05, 0) is 37.8 Å². The summed E-state index contributed by atoms with van der Waals surface area (Å²) < 4.78 is 1.01. The molecule has 1 aliphatic carbocycles. The molecular formula is C13H12BrN3. The second kappa shape index (κ2) is 4.53. The summed E-state index contributed by atoms with van der Waals surface area (Å²) in [7, 11) is 0. The standard InChI is InChI=1S/C13H12BrN3/c14-10-6-2-1-5-9(10)13-15-11-7-3-4-8-12(11)16-17-13/h1-2,5-6H,3-4,7-8H2. The molecule has 0 atom stereocenters. The van der Waals surface area contributed by atoms with Crippen molar-refractivity contribution in [1.82, 2.24) is 15.2 Å². The van der Waals surface area contributed by atoms with Crippen molar-refractivity contribution in [1.29, 1.82) is 0 Å². The van der Waals surface area contributed by atoms with Crippen LogP contribution in [0.4, 0.5) is 0 Å². The largest absolute Gasteiger partial charge is 0.230 e. The van der Waals surface area contributed by atoms with Gasteiger partial charge in [0.25, 0.3) is 0 Å². The second-order valence-electron chi connectivity index (χ2n) is 4.22. The maximum absolute atomic E-state index is 4.64. The van der Waals surface area contributed by atoms with Crippen molar-refractivity contribution >= 4 is 15.9 Å². The van der Waals surface area contributed by atoms with Crippen LogP contribution in [-0.4, -0.2) is 15.2 Å². The number of hydrogen-bond donors (Lipinski definition) is 0. The van der Waals surface area contributed by atoms with E-state index in [1.54, 1.807) is 0 Å². The first-order chi connectivity index (χ1) is 8.34. The van der Waals surface area contributed by atoms with Crippen LogP contribution in [0, 0.1) is 0 Å². The van der Waals surface area contributed by atoms with Crippen LogP contribution < -0.4 is 0 Å². The molecule has 0 saturated heterocycles. The second-order valence-corrected chi connectivity index (χ2v) is 5.07. The third-order valence-corrected chi connectivity index (χ3v) is 3.72. The van der Waals surface area contributed by atoms with E-state index in [-0.39, 0.29) is 0 Å². The maximum Gasteiger partial charge on any atom is 0.183 e. The summed E-state index contributed by atoms with van der Waals surface area (Å²) >= 11 is 3.52. The molecule has 0 amide bonds. The van der Waals surface area contributed by atoms with Gasteiger partial charge >= 0.3 is 0 Å². The molecule has 0 aliphatic heterocycles. The summed E-state index contributed by atoms with van der Waals surface area (Å²) in [6.45, 7) is 0. The highest BCUT2D eigenvalue weighted by Crippen LogP contribution is 2.26. The fraction of sp³-hybridized carbons (Fsp3) is 0.308. The molecular weight excluding hydrogens is 278 g/mol. The third-order valence-electron chi connectivity index (χ3n) is 3.03. The van der Waals surface area contributed by atoms with Gasteiger partial charge in [-0.1, -0.05) is 28.1 Å². The van der Waals surface area contributed by atoms with Crippen LogP contribution in [0.5, 0.6) is 0 Å². The molecule has 0 saturated carbocycles. The Balaban J connectivity index is 2.07. The molecule has 2 aromatic rings. The maximum atomic E-state index is 4.64. The molecule has 1 heterocycles. The highest BCUT2D eigenvalue weighted by atomic mass is 79.9. The zero-order valence-corrected chi connectivity index (χ0v) is 10.9. The Morgan fingerprint density at radius 3 is 2.53 bits per heavy atom. The monoisotopic (exact) mass is 289 g/mol. The summed E-state index contributed by atoms with van der Waals surface area (Å²) in [5, 5.41) is 8.54. The van der Waals surface area contributed by atoms with Crippen molar-refractivity contribution in [2.45, 2.75) is 25.7 Å². The number of aromatic nitrogens is 3. The van der Waals surface area contributed by atoms with Crippen molar-refractivity contribution in [2.75, 3.05) is 0 Å². The lowest BCUT2D eigenvalue weighted by atomic mass is 10.0. The molecule has 17 heavy (non-hydrogen) atoms. The lowest BCUT2D eigenvalue weighted by Gasteiger charge is -2.13. The van der Waals surface area contributed by atoms with Gasteiger partial charge < -0.3 is 0 Å². The molecule has 1 aromatic carbocycles. The van der Waals surface area contributed by atoms with Gasteiger partial charge in [0, 0.05) is 10.0 Å². The van der Waals surface area contributed by atoms with Gasteiger partial charge in [-0.25, -0.2) is 4.98 Å². The Morgan fingerprint density at radius 1 is 0.941 bits per heavy atom. The van der Waals surface area contributed by atoms with Crippen molar-refractivity contribution in [2.24, 2.45) is 0 Å². The molecule has 0 radical (unpaired) electrons. The highest BCUT2D eigenvalue weighted by molar-refractivity contribution is 9.10. The van der Waals surface area contributed by atoms with Crippen molar-refractivity contribution < 1.29 is 0 Å². The van der Waals surface area contributed by atoms with Gasteiger partial charge in [0.2, 0.25) is 0 Å². The van der Waals surface area contributed by atoms with Crippen molar-refractivity contribution in [3.63, 3.8) is 0 Å². The number of aryl methyl sites for hydroxylation is 2. The first-order valence-corrected chi connectivity index (χ1v) is 6.61. The number of fused-ring (bicyclic) bond motifs is 1. The molecule has 3 rings (SSSR count). The van der Waals surface area contributed by atoms with Crippen LogP contribution in [0.3, 0.4) is 0 Å². The molecule has 86 valence electrons. The topological polar surface area (TPSA) is 38.7 Å². The average molecular weight is 290 g/mol. The van der Waals surface area contributed by atoms with E-state index >= 15 is 0 Å². The van der Waals surface area contributed by atoms with E-state index in [2.05, 4.69) is 31.1 Å². The minimum Gasteiger partial charge on any atom is -0.230 e. The lowest BCUT2D eigenvalue weighted by molar-refractivity contribution is 0.634. The Morgan fingerprint density at radius 2 is 1.71 bits per heavy atom. The van der Waals surface area contributed by atoms with E-state index in [1.165, 1.54) is 12.8 Å². The van der Waals surface area contributed by atoms with Gasteiger partial charge in [-0.3, -0.25) is 0 Å². The van der Waals surface area contributed by atoms with E-state index in [0.717, 1.165) is 40.1 Å². The van der Waals surface area contributed by atoms with Crippen LogP contribution in [0.25, 0.3) is 11.4 Å². The lowest BCUT2D eigenvalue weighted by Crippen LogP contribution is -2.10. The summed E-state index contributed by atoms with van der Waals surface area (Å²) in [6, 6.07) is 7.98. The zero-order valence-electron chi connectivity index (χ0n) is 9.36. The molecule has 0 spiro atoms. The van der Waals surface area contributed by atoms with Gasteiger partial charge in [-0.15, -0.1) is 5.10 Å². The predicted octanol–water partition coefficient (Wildman–Crippen LogP) is 3.18. The molecule has 3 nitrogen and oxygen atoms in total. The van der Waals surface area contributed by atoms with E-state index < -0.39 is 0 Å². The fourth-order valence-electron chi connectivity index (χ4n) is 2.12. The number of benzene rings is 1. The van der Waals surface area contributed by atoms with Gasteiger partial charge in [-0.2, -0.15) is 5.10 Å². The SMILES string of the molecule is Brc1ccccc1-c1nnc2c(n1)CCCC2. The van der Waals surface area contributed by atoms with Gasteiger partial charge in [0.1, 0.15) is 0 Å². The van der Waals surface area contributed by atoms with Gasteiger partial charge in [0.05, 0.1) is 11.4 Å². The molecule has 1 aliphatic rings.